The van der Waals surface area contributed by atoms with E-state index in [4.69, 9.17) is 9.47 Å². The molecule has 2 aromatic carbocycles. The fourth-order valence-electron chi connectivity index (χ4n) is 5.88. The topological polar surface area (TPSA) is 18.5 Å². The number of halogens is 9. The van der Waals surface area contributed by atoms with E-state index in [-0.39, 0.29) is 44.4 Å². The summed E-state index contributed by atoms with van der Waals surface area (Å²) in [6, 6.07) is 6.23. The number of rotatable bonds is 9. The number of hydrogen-bond donors (Lipinski definition) is 0. The van der Waals surface area contributed by atoms with Crippen molar-refractivity contribution < 1.29 is 49.0 Å². The summed E-state index contributed by atoms with van der Waals surface area (Å²) >= 11 is 0. The van der Waals surface area contributed by atoms with Gasteiger partial charge in [-0.2, -0.15) is 30.7 Å². The first-order valence-corrected chi connectivity index (χ1v) is 14.0. The Bertz CT molecular complexity index is 1170. The summed E-state index contributed by atoms with van der Waals surface area (Å²) in [6.07, 6.45) is -12.0. The molecule has 0 aromatic heterocycles. The van der Waals surface area contributed by atoms with Gasteiger partial charge in [-0.15, -0.1) is 0 Å². The van der Waals surface area contributed by atoms with Crippen LogP contribution >= 0.6 is 0 Å². The van der Waals surface area contributed by atoms with Gasteiger partial charge in [0.15, 0.2) is 0 Å². The Hall–Kier alpha value is -2.27. The number of alkyl halides is 7. The van der Waals surface area contributed by atoms with Crippen LogP contribution in [0.25, 0.3) is 0 Å². The van der Waals surface area contributed by atoms with E-state index < -0.39 is 59.3 Å². The van der Waals surface area contributed by atoms with Gasteiger partial charge in [-0.3, -0.25) is 0 Å². The molecule has 41 heavy (non-hydrogen) atoms. The van der Waals surface area contributed by atoms with Crippen LogP contribution < -0.4 is 0 Å². The molecule has 2 aliphatic rings. The van der Waals surface area contributed by atoms with Crippen molar-refractivity contribution in [2.75, 3.05) is 0 Å². The van der Waals surface area contributed by atoms with E-state index in [9.17, 15) is 39.5 Å². The van der Waals surface area contributed by atoms with Gasteiger partial charge in [-0.25, -0.2) is 8.78 Å². The molecule has 0 radical (unpaired) electrons. The summed E-state index contributed by atoms with van der Waals surface area (Å²) in [5.41, 5.74) is -1.26. The maximum Gasteiger partial charge on any atom is 0.419 e. The standard InChI is InChI=1S/C30H33F9O2/c1-2-3-18-4-14-25(26(31)16-18)30(38,39)41-23-12-8-21(9-13-23)29(36,37)40-22-10-5-19(6-11-22)20-7-15-24(27(32)17-20)28(33,34)35/h4,7,14-17,19,21-23H,2-3,5-6,8-13H2,1H3. The molecule has 2 saturated carbocycles. The highest BCUT2D eigenvalue weighted by Gasteiger charge is 2.47. The van der Waals surface area contributed by atoms with Gasteiger partial charge in [0.25, 0.3) is 0 Å². The molecule has 0 bridgehead atoms. The molecule has 4 rings (SSSR count). The second-order valence-electron chi connectivity index (χ2n) is 11.1. The van der Waals surface area contributed by atoms with Crippen LogP contribution in [-0.2, 0) is 28.2 Å². The van der Waals surface area contributed by atoms with E-state index in [1.807, 2.05) is 6.92 Å². The minimum atomic E-state index is -4.80. The zero-order chi connectivity index (χ0) is 30.0. The second kappa shape index (κ2) is 12.5. The smallest absolute Gasteiger partial charge is 0.317 e. The van der Waals surface area contributed by atoms with E-state index in [2.05, 4.69) is 0 Å². The lowest BCUT2D eigenvalue weighted by molar-refractivity contribution is -0.311. The molecule has 2 aliphatic carbocycles. The number of hydrogen-bond acceptors (Lipinski definition) is 2. The molecule has 2 fully saturated rings. The molecule has 0 N–H and O–H groups in total. The second-order valence-corrected chi connectivity index (χ2v) is 11.1. The molecule has 0 aliphatic heterocycles. The molecule has 228 valence electrons. The molecule has 0 saturated heterocycles. The van der Waals surface area contributed by atoms with Crippen molar-refractivity contribution >= 4 is 0 Å². The minimum Gasteiger partial charge on any atom is -0.317 e. The zero-order valence-electron chi connectivity index (χ0n) is 22.6. The predicted octanol–water partition coefficient (Wildman–Crippen LogP) is 9.90. The maximum absolute atomic E-state index is 15.0. The van der Waals surface area contributed by atoms with Gasteiger partial charge < -0.3 is 9.47 Å². The van der Waals surface area contributed by atoms with Crippen LogP contribution in [0.4, 0.5) is 39.5 Å². The van der Waals surface area contributed by atoms with Gasteiger partial charge in [0, 0.05) is 0 Å². The normalized spacial score (nSPS) is 24.4. The molecule has 0 unspecified atom stereocenters. The predicted molar refractivity (Wildman–Crippen MR) is 134 cm³/mol. The Morgan fingerprint density at radius 3 is 1.80 bits per heavy atom. The van der Waals surface area contributed by atoms with Crippen LogP contribution in [0, 0.1) is 17.6 Å². The quantitative estimate of drug-likeness (QED) is 0.268. The SMILES string of the molecule is CCCc1ccc(C(F)(F)OC2CCC(C(F)(F)OC3CCC(c4ccc(C(F)(F)F)c(F)c4)CC3)CC2)c(F)c1. The van der Waals surface area contributed by atoms with Crippen molar-refractivity contribution in [1.29, 1.82) is 0 Å². The molecular formula is C30H33F9O2. The summed E-state index contributed by atoms with van der Waals surface area (Å²) < 4.78 is 136. The minimum absolute atomic E-state index is 0.0685. The lowest BCUT2D eigenvalue weighted by atomic mass is 9.82. The van der Waals surface area contributed by atoms with E-state index in [1.165, 1.54) is 12.1 Å². The molecule has 0 spiro atoms. The van der Waals surface area contributed by atoms with E-state index in [1.54, 1.807) is 0 Å². The number of aryl methyl sites for hydroxylation is 1. The highest BCUT2D eigenvalue weighted by molar-refractivity contribution is 5.29. The Morgan fingerprint density at radius 2 is 1.24 bits per heavy atom. The molecule has 11 heteroatoms. The number of ether oxygens (including phenoxy) is 2. The van der Waals surface area contributed by atoms with Crippen molar-refractivity contribution in [1.82, 2.24) is 0 Å². The number of benzene rings is 2. The Kier molecular flexibility index (Phi) is 9.68. The van der Waals surface area contributed by atoms with Gasteiger partial charge in [0.05, 0.1) is 29.3 Å². The van der Waals surface area contributed by atoms with Crippen molar-refractivity contribution in [3.63, 3.8) is 0 Å². The summed E-state index contributed by atoms with van der Waals surface area (Å²) in [7, 11) is 0. The highest BCUT2D eigenvalue weighted by atomic mass is 19.4. The molecule has 2 nitrogen and oxygen atoms in total. The van der Waals surface area contributed by atoms with E-state index >= 15 is 0 Å². The summed E-state index contributed by atoms with van der Waals surface area (Å²) in [4.78, 5) is 0. The van der Waals surface area contributed by atoms with E-state index in [0.717, 1.165) is 24.6 Å². The van der Waals surface area contributed by atoms with Crippen molar-refractivity contribution in [3.8, 4) is 0 Å². The lowest BCUT2D eigenvalue weighted by Gasteiger charge is -2.37. The third-order valence-electron chi connectivity index (χ3n) is 8.12. The fourth-order valence-corrected chi connectivity index (χ4v) is 5.88. The van der Waals surface area contributed by atoms with Crippen LogP contribution in [0.1, 0.15) is 92.9 Å². The Labute approximate surface area is 233 Å². The molecule has 0 amide bonds. The van der Waals surface area contributed by atoms with Gasteiger partial charge in [0.1, 0.15) is 11.6 Å². The summed E-state index contributed by atoms with van der Waals surface area (Å²) in [6.45, 7) is 1.88. The van der Waals surface area contributed by atoms with Crippen molar-refractivity contribution in [3.05, 3.63) is 70.3 Å². The van der Waals surface area contributed by atoms with Gasteiger partial charge in [-0.1, -0.05) is 25.5 Å². The van der Waals surface area contributed by atoms with Gasteiger partial charge in [-0.05, 0) is 99.1 Å². The Morgan fingerprint density at radius 1 is 0.683 bits per heavy atom. The monoisotopic (exact) mass is 596 g/mol. The zero-order valence-corrected chi connectivity index (χ0v) is 22.6. The molecule has 2 aromatic rings. The van der Waals surface area contributed by atoms with Gasteiger partial charge in [0.2, 0.25) is 0 Å². The van der Waals surface area contributed by atoms with Crippen LogP contribution in [0.5, 0.6) is 0 Å². The average Bonchev–Trinajstić information content (AvgIpc) is 2.88. The molecule has 0 heterocycles. The van der Waals surface area contributed by atoms with Crippen molar-refractivity contribution in [2.45, 2.75) is 108 Å². The lowest BCUT2D eigenvalue weighted by Crippen LogP contribution is -2.40. The molecular weight excluding hydrogens is 563 g/mol. The van der Waals surface area contributed by atoms with Crippen LogP contribution in [-0.4, -0.2) is 18.3 Å². The first-order chi connectivity index (χ1) is 19.2. The van der Waals surface area contributed by atoms with Crippen LogP contribution in [0.15, 0.2) is 36.4 Å². The van der Waals surface area contributed by atoms with Crippen LogP contribution in [0.2, 0.25) is 0 Å². The van der Waals surface area contributed by atoms with Crippen molar-refractivity contribution in [2.24, 2.45) is 5.92 Å². The van der Waals surface area contributed by atoms with E-state index in [0.29, 0.717) is 36.5 Å². The summed E-state index contributed by atoms with van der Waals surface area (Å²) in [5, 5.41) is 0. The third kappa shape index (κ3) is 7.77. The first kappa shape index (κ1) is 31.7. The third-order valence-corrected chi connectivity index (χ3v) is 8.12. The van der Waals surface area contributed by atoms with Gasteiger partial charge >= 0.3 is 18.4 Å². The average molecular weight is 597 g/mol. The highest BCUT2D eigenvalue weighted by Crippen LogP contribution is 2.44. The largest absolute Gasteiger partial charge is 0.419 e. The maximum atomic E-state index is 15.0. The summed E-state index contributed by atoms with van der Waals surface area (Å²) in [5.74, 6) is -3.93. The Balaban J connectivity index is 1.26. The fraction of sp³-hybridized carbons (Fsp3) is 0.600. The first-order valence-electron chi connectivity index (χ1n) is 14.0. The van der Waals surface area contributed by atoms with Crippen LogP contribution in [0.3, 0.4) is 0 Å². The molecule has 0 atom stereocenters.